The molecular weight excluding hydrogens is 384 g/mol. The Balaban J connectivity index is 4.17. The molecule has 0 N–H and O–H groups in total. The van der Waals surface area contributed by atoms with E-state index in [1.807, 2.05) is 0 Å². The SMILES string of the molecule is COC(=O)C(=O)CCCC[Si](C)(C)O[Si](C)(C)CCCCC(=O)C(=O)OC. The Morgan fingerprint density at radius 1 is 0.630 bits per heavy atom. The molecule has 0 bridgehead atoms. The van der Waals surface area contributed by atoms with Crippen molar-refractivity contribution >= 4 is 40.1 Å². The second kappa shape index (κ2) is 12.2. The molecule has 0 rings (SSSR count). The lowest BCUT2D eigenvalue weighted by atomic mass is 10.2. The molecule has 0 aliphatic rings. The summed E-state index contributed by atoms with van der Waals surface area (Å²) >= 11 is 0. The van der Waals surface area contributed by atoms with Gasteiger partial charge in [-0.1, -0.05) is 12.8 Å². The van der Waals surface area contributed by atoms with E-state index < -0.39 is 40.1 Å². The van der Waals surface area contributed by atoms with Crippen molar-refractivity contribution in [2.75, 3.05) is 14.2 Å². The molecule has 9 heteroatoms. The van der Waals surface area contributed by atoms with E-state index in [1.165, 1.54) is 14.2 Å². The van der Waals surface area contributed by atoms with Crippen LogP contribution in [-0.2, 0) is 32.8 Å². The van der Waals surface area contributed by atoms with E-state index in [-0.39, 0.29) is 12.8 Å². The Morgan fingerprint density at radius 3 is 1.26 bits per heavy atom. The number of hydrogen-bond donors (Lipinski definition) is 0. The van der Waals surface area contributed by atoms with E-state index in [2.05, 4.69) is 35.7 Å². The van der Waals surface area contributed by atoms with Gasteiger partial charge < -0.3 is 13.6 Å². The monoisotopic (exact) mass is 418 g/mol. The Labute approximate surface area is 164 Å². The van der Waals surface area contributed by atoms with Crippen LogP contribution in [0.4, 0.5) is 0 Å². The Bertz CT molecular complexity index is 484. The van der Waals surface area contributed by atoms with Crippen LogP contribution in [0.25, 0.3) is 0 Å². The highest BCUT2D eigenvalue weighted by Gasteiger charge is 2.32. The van der Waals surface area contributed by atoms with Gasteiger partial charge in [0.2, 0.25) is 11.6 Å². The number of ketones is 2. The molecule has 0 saturated heterocycles. The fourth-order valence-electron chi connectivity index (χ4n) is 2.95. The van der Waals surface area contributed by atoms with Gasteiger partial charge in [-0.15, -0.1) is 0 Å². The molecule has 156 valence electrons. The molecule has 0 amide bonds. The van der Waals surface area contributed by atoms with Crippen LogP contribution in [0, 0.1) is 0 Å². The predicted molar refractivity (Wildman–Crippen MR) is 107 cm³/mol. The molecule has 27 heavy (non-hydrogen) atoms. The second-order valence-corrected chi connectivity index (χ2v) is 16.7. The van der Waals surface area contributed by atoms with Crippen molar-refractivity contribution in [3.05, 3.63) is 0 Å². The Hall–Kier alpha value is -1.33. The van der Waals surface area contributed by atoms with Gasteiger partial charge in [-0.25, -0.2) is 9.59 Å². The standard InChI is InChI=1S/C18H34O7Si2/c1-23-17(21)15(19)11-7-9-13-26(3,4)25-27(5,6)14-10-8-12-16(20)18(22)24-2/h7-14H2,1-6H3. The minimum Gasteiger partial charge on any atom is -0.463 e. The number of carbonyl (C=O) groups excluding carboxylic acids is 4. The minimum atomic E-state index is -1.86. The molecule has 0 aromatic rings. The van der Waals surface area contributed by atoms with Gasteiger partial charge in [0.15, 0.2) is 16.6 Å². The van der Waals surface area contributed by atoms with Crippen molar-refractivity contribution < 1.29 is 32.8 Å². The number of carbonyl (C=O) groups is 4. The van der Waals surface area contributed by atoms with E-state index in [9.17, 15) is 19.2 Å². The normalized spacial score (nSPS) is 11.8. The molecule has 0 fully saturated rings. The van der Waals surface area contributed by atoms with Crippen LogP contribution >= 0.6 is 0 Å². The molecule has 0 unspecified atom stereocenters. The van der Waals surface area contributed by atoms with Crippen LogP contribution in [-0.4, -0.2) is 54.4 Å². The summed E-state index contributed by atoms with van der Waals surface area (Å²) in [6, 6.07) is 1.86. The second-order valence-electron chi connectivity index (χ2n) is 7.87. The lowest BCUT2D eigenvalue weighted by molar-refractivity contribution is -0.151. The van der Waals surface area contributed by atoms with E-state index in [4.69, 9.17) is 4.12 Å². The van der Waals surface area contributed by atoms with Crippen LogP contribution in [0.3, 0.4) is 0 Å². The number of Topliss-reactive ketones (excluding diaryl/α,β-unsaturated/α-hetero) is 2. The molecule has 0 spiro atoms. The zero-order valence-electron chi connectivity index (χ0n) is 17.5. The van der Waals surface area contributed by atoms with E-state index in [0.717, 1.165) is 24.9 Å². The van der Waals surface area contributed by atoms with Crippen LogP contribution in [0.15, 0.2) is 0 Å². The third kappa shape index (κ3) is 11.9. The van der Waals surface area contributed by atoms with Gasteiger partial charge >= 0.3 is 11.9 Å². The van der Waals surface area contributed by atoms with E-state index >= 15 is 0 Å². The summed E-state index contributed by atoms with van der Waals surface area (Å²) in [6.07, 6.45) is 3.44. The van der Waals surface area contributed by atoms with Crippen molar-refractivity contribution in [2.24, 2.45) is 0 Å². The summed E-state index contributed by atoms with van der Waals surface area (Å²) in [5.74, 6) is -2.51. The summed E-state index contributed by atoms with van der Waals surface area (Å²) < 4.78 is 15.3. The van der Waals surface area contributed by atoms with Gasteiger partial charge in [0.1, 0.15) is 0 Å². The zero-order valence-corrected chi connectivity index (χ0v) is 19.5. The van der Waals surface area contributed by atoms with Gasteiger partial charge in [-0.2, -0.15) is 0 Å². The lowest BCUT2D eigenvalue weighted by Gasteiger charge is -2.34. The summed E-state index contributed by atoms with van der Waals surface area (Å²) in [6.45, 7) is 8.69. The maximum atomic E-state index is 11.4. The fourth-order valence-corrected chi connectivity index (χ4v) is 12.0. The molecule has 0 saturated carbocycles. The average molecular weight is 419 g/mol. The molecule has 0 aromatic carbocycles. The molecule has 0 aliphatic heterocycles. The first-order valence-electron chi connectivity index (χ1n) is 9.36. The highest BCUT2D eigenvalue weighted by Crippen LogP contribution is 2.25. The third-order valence-corrected chi connectivity index (χ3v) is 11.8. The Morgan fingerprint density at radius 2 is 0.963 bits per heavy atom. The first kappa shape index (κ1) is 25.7. The van der Waals surface area contributed by atoms with Crippen molar-refractivity contribution in [2.45, 2.75) is 76.8 Å². The van der Waals surface area contributed by atoms with Gasteiger partial charge in [0.25, 0.3) is 0 Å². The first-order chi connectivity index (χ1) is 12.4. The molecule has 0 aliphatic carbocycles. The number of methoxy groups -OCH3 is 2. The van der Waals surface area contributed by atoms with Crippen LogP contribution in [0.1, 0.15) is 38.5 Å². The molecule has 7 nitrogen and oxygen atoms in total. The summed E-state index contributed by atoms with van der Waals surface area (Å²) in [4.78, 5) is 45.1. The average Bonchev–Trinajstić information content (AvgIpc) is 2.59. The van der Waals surface area contributed by atoms with E-state index in [0.29, 0.717) is 12.8 Å². The van der Waals surface area contributed by atoms with Gasteiger partial charge in [-0.05, 0) is 51.1 Å². The lowest BCUT2D eigenvalue weighted by Crippen LogP contribution is -2.44. The topological polar surface area (TPSA) is 96.0 Å². The molecule has 0 radical (unpaired) electrons. The van der Waals surface area contributed by atoms with Crippen LogP contribution in [0.2, 0.25) is 38.3 Å². The van der Waals surface area contributed by atoms with Gasteiger partial charge in [0, 0.05) is 12.8 Å². The number of unbranched alkanes of at least 4 members (excludes halogenated alkanes) is 2. The van der Waals surface area contributed by atoms with Gasteiger partial charge in [-0.3, -0.25) is 9.59 Å². The van der Waals surface area contributed by atoms with Crippen LogP contribution < -0.4 is 0 Å². The van der Waals surface area contributed by atoms with Crippen molar-refractivity contribution in [1.29, 1.82) is 0 Å². The largest absolute Gasteiger partial charge is 0.463 e. The number of esters is 2. The van der Waals surface area contributed by atoms with Crippen molar-refractivity contribution in [3.8, 4) is 0 Å². The molecule has 0 atom stereocenters. The highest BCUT2D eigenvalue weighted by molar-refractivity contribution is 6.84. The molecule has 0 heterocycles. The maximum Gasteiger partial charge on any atom is 0.374 e. The Kier molecular flexibility index (Phi) is 11.6. The number of ether oxygens (including phenoxy) is 2. The quantitative estimate of drug-likeness (QED) is 0.185. The number of rotatable bonds is 14. The van der Waals surface area contributed by atoms with Crippen molar-refractivity contribution in [3.63, 3.8) is 0 Å². The van der Waals surface area contributed by atoms with Crippen molar-refractivity contribution in [1.82, 2.24) is 0 Å². The zero-order chi connectivity index (χ0) is 21.1. The molecular formula is C18H34O7Si2. The smallest absolute Gasteiger partial charge is 0.374 e. The van der Waals surface area contributed by atoms with Crippen LogP contribution in [0.5, 0.6) is 0 Å². The predicted octanol–water partition coefficient (Wildman–Crippen LogP) is 3.24. The third-order valence-electron chi connectivity index (χ3n) is 4.24. The number of hydrogen-bond acceptors (Lipinski definition) is 7. The minimum absolute atomic E-state index is 0.214. The summed E-state index contributed by atoms with van der Waals surface area (Å²) in [7, 11) is -1.30. The summed E-state index contributed by atoms with van der Waals surface area (Å²) in [5, 5.41) is 0. The maximum absolute atomic E-state index is 11.4. The van der Waals surface area contributed by atoms with E-state index in [1.54, 1.807) is 0 Å². The van der Waals surface area contributed by atoms with Gasteiger partial charge in [0.05, 0.1) is 14.2 Å². The summed E-state index contributed by atoms with van der Waals surface area (Å²) in [5.41, 5.74) is 0. The first-order valence-corrected chi connectivity index (χ1v) is 15.6. The fraction of sp³-hybridized carbons (Fsp3) is 0.778. The highest BCUT2D eigenvalue weighted by atomic mass is 28.4. The molecule has 0 aromatic heterocycles.